The minimum absolute atomic E-state index is 0.176. The van der Waals surface area contributed by atoms with E-state index >= 15 is 0 Å². The Morgan fingerprint density at radius 2 is 1.58 bits per heavy atom. The number of imidazole rings is 1. The maximum atomic E-state index is 13.2. The van der Waals surface area contributed by atoms with Crippen LogP contribution in [0.3, 0.4) is 0 Å². The largest absolute Gasteiger partial charge is 0.424 e. The van der Waals surface area contributed by atoms with Gasteiger partial charge in [0.15, 0.2) is 11.2 Å². The molecule has 4 aromatic rings. The number of nitrogens with zero attached hydrogens (tertiary/aromatic N) is 5. The van der Waals surface area contributed by atoms with E-state index < -0.39 is 11.2 Å². The number of ether oxygens (including phenoxy) is 1. The lowest BCUT2D eigenvalue weighted by Crippen LogP contribution is -2.37. The highest BCUT2D eigenvalue weighted by Gasteiger charge is 2.22. The summed E-state index contributed by atoms with van der Waals surface area (Å²) in [5.41, 5.74) is 1.58. The summed E-state index contributed by atoms with van der Waals surface area (Å²) in [4.78, 5) is 32.7. The Morgan fingerprint density at radius 1 is 0.889 bits per heavy atom. The number of aryl methyl sites for hydroxylation is 1. The van der Waals surface area contributed by atoms with Gasteiger partial charge in [0.2, 0.25) is 0 Å². The highest BCUT2D eigenvalue weighted by molar-refractivity contribution is 6.32. The smallest absolute Gasteiger partial charge is 0.332 e. The fourth-order valence-corrected chi connectivity index (χ4v) is 4.90. The van der Waals surface area contributed by atoms with Crippen molar-refractivity contribution in [3.63, 3.8) is 0 Å². The minimum Gasteiger partial charge on any atom is -0.424 e. The molecule has 1 saturated heterocycles. The number of rotatable bonds is 6. The molecule has 0 unspecified atom stereocenters. The van der Waals surface area contributed by atoms with Crippen LogP contribution in [0.2, 0.25) is 10.0 Å². The van der Waals surface area contributed by atoms with Crippen LogP contribution in [0.1, 0.15) is 30.4 Å². The highest BCUT2D eigenvalue weighted by Crippen LogP contribution is 2.32. The van der Waals surface area contributed by atoms with E-state index in [1.165, 1.54) is 30.9 Å². The molecular formula is C26H27Cl2N5O3. The Hall–Kier alpha value is -3.07. The predicted molar refractivity (Wildman–Crippen MR) is 141 cm³/mol. The van der Waals surface area contributed by atoms with Gasteiger partial charge in [-0.2, -0.15) is 4.98 Å². The van der Waals surface area contributed by atoms with Crippen LogP contribution in [-0.4, -0.2) is 36.7 Å². The van der Waals surface area contributed by atoms with Crippen molar-refractivity contribution in [2.75, 3.05) is 13.1 Å². The van der Waals surface area contributed by atoms with Gasteiger partial charge in [-0.05, 0) is 61.3 Å². The summed E-state index contributed by atoms with van der Waals surface area (Å²) in [5.74, 6) is 0.445. The van der Waals surface area contributed by atoms with Crippen molar-refractivity contribution >= 4 is 34.4 Å². The van der Waals surface area contributed by atoms with Crippen LogP contribution in [-0.2, 0) is 27.2 Å². The van der Waals surface area contributed by atoms with E-state index in [-0.39, 0.29) is 17.2 Å². The molecule has 36 heavy (non-hydrogen) atoms. The molecule has 188 valence electrons. The van der Waals surface area contributed by atoms with Crippen LogP contribution < -0.4 is 16.0 Å². The Morgan fingerprint density at radius 3 is 2.31 bits per heavy atom. The molecule has 1 aliphatic heterocycles. The molecule has 10 heteroatoms. The van der Waals surface area contributed by atoms with Crippen molar-refractivity contribution in [2.45, 2.75) is 32.4 Å². The van der Waals surface area contributed by atoms with Crippen LogP contribution in [0.15, 0.2) is 52.1 Å². The van der Waals surface area contributed by atoms with Gasteiger partial charge in [0.1, 0.15) is 5.75 Å². The summed E-state index contributed by atoms with van der Waals surface area (Å²) in [6, 6.07) is 13.2. The monoisotopic (exact) mass is 527 g/mol. The van der Waals surface area contributed by atoms with Crippen LogP contribution in [0, 0.1) is 0 Å². The number of hydrogen-bond acceptors (Lipinski definition) is 5. The van der Waals surface area contributed by atoms with Crippen LogP contribution in [0.4, 0.5) is 0 Å². The van der Waals surface area contributed by atoms with Gasteiger partial charge in [0.05, 0.1) is 11.6 Å². The molecule has 3 heterocycles. The van der Waals surface area contributed by atoms with Gasteiger partial charge < -0.3 is 4.74 Å². The molecule has 0 N–H and O–H groups in total. The number of likely N-dealkylation sites (tertiary alicyclic amines) is 1. The normalized spacial score (nSPS) is 14.4. The Kier molecular flexibility index (Phi) is 6.92. The molecule has 0 saturated carbocycles. The van der Waals surface area contributed by atoms with Crippen molar-refractivity contribution in [2.24, 2.45) is 14.1 Å². The highest BCUT2D eigenvalue weighted by atomic mass is 35.5. The molecular weight excluding hydrogens is 501 g/mol. The second-order valence-electron chi connectivity index (χ2n) is 9.19. The number of halogens is 2. The van der Waals surface area contributed by atoms with Gasteiger partial charge in [0, 0.05) is 25.7 Å². The Labute approximate surface area is 218 Å². The third-order valence-electron chi connectivity index (χ3n) is 6.62. The molecule has 1 fully saturated rings. The maximum Gasteiger partial charge on any atom is 0.332 e. The fourth-order valence-electron chi connectivity index (χ4n) is 4.62. The van der Waals surface area contributed by atoms with E-state index in [0.29, 0.717) is 22.3 Å². The lowest BCUT2D eigenvalue weighted by Gasteiger charge is -2.26. The summed E-state index contributed by atoms with van der Waals surface area (Å²) in [5, 5.41) is 1.05. The molecule has 2 aromatic heterocycles. The molecule has 0 aliphatic carbocycles. The van der Waals surface area contributed by atoms with Crippen molar-refractivity contribution < 1.29 is 4.74 Å². The maximum absolute atomic E-state index is 13.2. The lowest BCUT2D eigenvalue weighted by atomic mass is 10.1. The first kappa shape index (κ1) is 24.6. The first-order valence-electron chi connectivity index (χ1n) is 11.9. The zero-order valence-corrected chi connectivity index (χ0v) is 21.7. The molecule has 0 spiro atoms. The van der Waals surface area contributed by atoms with Gasteiger partial charge in [-0.25, -0.2) is 4.79 Å². The Bertz CT molecular complexity index is 1530. The van der Waals surface area contributed by atoms with E-state index in [2.05, 4.69) is 9.88 Å². The number of hydrogen-bond donors (Lipinski definition) is 0. The Balaban J connectivity index is 1.58. The van der Waals surface area contributed by atoms with Gasteiger partial charge in [0.25, 0.3) is 5.56 Å². The first-order valence-corrected chi connectivity index (χ1v) is 12.7. The molecule has 0 bridgehead atoms. The van der Waals surface area contributed by atoms with E-state index in [0.717, 1.165) is 35.3 Å². The van der Waals surface area contributed by atoms with Crippen LogP contribution >= 0.6 is 23.2 Å². The van der Waals surface area contributed by atoms with E-state index in [1.807, 2.05) is 30.3 Å². The summed E-state index contributed by atoms with van der Waals surface area (Å²) in [7, 11) is 3.03. The van der Waals surface area contributed by atoms with Gasteiger partial charge in [-0.1, -0.05) is 47.8 Å². The number of benzene rings is 2. The quantitative estimate of drug-likeness (QED) is 0.367. The number of aromatic nitrogens is 4. The lowest BCUT2D eigenvalue weighted by molar-refractivity contribution is 0.220. The van der Waals surface area contributed by atoms with Crippen molar-refractivity contribution in [3.8, 4) is 11.8 Å². The topological polar surface area (TPSA) is 74.3 Å². The van der Waals surface area contributed by atoms with Crippen LogP contribution in [0.25, 0.3) is 11.2 Å². The summed E-state index contributed by atoms with van der Waals surface area (Å²) in [6.45, 7) is 3.26. The second-order valence-corrected chi connectivity index (χ2v) is 10.0. The molecule has 1 aliphatic rings. The van der Waals surface area contributed by atoms with Crippen LogP contribution in [0.5, 0.6) is 11.8 Å². The average molecular weight is 528 g/mol. The molecule has 5 rings (SSSR count). The van der Waals surface area contributed by atoms with Gasteiger partial charge >= 0.3 is 11.7 Å². The van der Waals surface area contributed by atoms with Gasteiger partial charge in [-0.3, -0.25) is 23.4 Å². The average Bonchev–Trinajstić information content (AvgIpc) is 3.23. The van der Waals surface area contributed by atoms with Crippen molar-refractivity contribution in [3.05, 3.63) is 84.5 Å². The standard InChI is InChI=1S/C26H27Cl2N5O3/c1-30-23-22(24(34)31(2)26(30)35)33(16-17-6-9-19(27)10-7-17)25(29-23)36-21-14-18(8-11-20(21)28)15-32-12-4-3-5-13-32/h6-11,14H,3-5,12-13,15-16H2,1-2H3. The molecule has 0 amide bonds. The zero-order chi connectivity index (χ0) is 25.4. The third-order valence-corrected chi connectivity index (χ3v) is 7.18. The SMILES string of the molecule is Cn1c(=O)c2c(nc(Oc3cc(CN4CCCCC4)ccc3Cl)n2Cc2ccc(Cl)cc2)n(C)c1=O. The van der Waals surface area contributed by atoms with E-state index in [4.69, 9.17) is 27.9 Å². The number of fused-ring (bicyclic) bond motifs is 1. The predicted octanol–water partition coefficient (Wildman–Crippen LogP) is 4.57. The number of piperidine rings is 1. The summed E-state index contributed by atoms with van der Waals surface area (Å²) in [6.07, 6.45) is 3.69. The first-order chi connectivity index (χ1) is 17.3. The molecule has 2 aromatic carbocycles. The van der Waals surface area contributed by atoms with E-state index in [9.17, 15) is 9.59 Å². The molecule has 8 nitrogen and oxygen atoms in total. The zero-order valence-electron chi connectivity index (χ0n) is 20.2. The van der Waals surface area contributed by atoms with E-state index in [1.54, 1.807) is 23.7 Å². The van der Waals surface area contributed by atoms with Gasteiger partial charge in [-0.15, -0.1) is 0 Å². The summed E-state index contributed by atoms with van der Waals surface area (Å²) < 4.78 is 10.3. The van der Waals surface area contributed by atoms with Crippen molar-refractivity contribution in [1.29, 1.82) is 0 Å². The summed E-state index contributed by atoms with van der Waals surface area (Å²) >= 11 is 12.6. The van der Waals surface area contributed by atoms with Crippen molar-refractivity contribution in [1.82, 2.24) is 23.6 Å². The molecule has 0 radical (unpaired) electrons. The fraction of sp³-hybridized carbons (Fsp3) is 0.346. The second kappa shape index (κ2) is 10.1. The minimum atomic E-state index is -0.461. The third kappa shape index (κ3) is 4.81. The molecule has 0 atom stereocenters.